The van der Waals surface area contributed by atoms with E-state index in [9.17, 15) is 0 Å². The second-order valence-corrected chi connectivity index (χ2v) is 6.20. The van der Waals surface area contributed by atoms with Crippen LogP contribution in [0.4, 0.5) is 5.69 Å². The number of hydrogen-bond acceptors (Lipinski definition) is 4. The van der Waals surface area contributed by atoms with Gasteiger partial charge in [0.1, 0.15) is 12.1 Å². The van der Waals surface area contributed by atoms with Gasteiger partial charge >= 0.3 is 0 Å². The van der Waals surface area contributed by atoms with E-state index in [4.69, 9.17) is 10.5 Å². The summed E-state index contributed by atoms with van der Waals surface area (Å²) in [6.07, 6.45) is 0. The topological polar surface area (TPSA) is 72.0 Å². The Morgan fingerprint density at radius 1 is 0.870 bits per heavy atom. The smallest absolute Gasteiger partial charge is 0.237 e. The van der Waals surface area contributed by atoms with Gasteiger partial charge in [-0.25, -0.2) is 0 Å². The van der Waals surface area contributed by atoms with E-state index in [2.05, 4.69) is 55.6 Å². The highest BCUT2D eigenvalue weighted by atomic mass is 15.3. The van der Waals surface area contributed by atoms with Gasteiger partial charge in [0.2, 0.25) is 5.71 Å². The van der Waals surface area contributed by atoms with Gasteiger partial charge in [-0.2, -0.15) is 15.6 Å². The molecule has 0 atom stereocenters. The first-order chi connectivity index (χ1) is 10.9. The maximum absolute atomic E-state index is 8.63. The summed E-state index contributed by atoms with van der Waals surface area (Å²) in [7, 11) is 0. The predicted molar refractivity (Wildman–Crippen MR) is 92.9 cm³/mol. The molecule has 0 aliphatic carbocycles. The van der Waals surface area contributed by atoms with Crippen LogP contribution in [0.5, 0.6) is 0 Å². The molecule has 2 rings (SSSR count). The van der Waals surface area contributed by atoms with Gasteiger partial charge in [-0.1, -0.05) is 57.2 Å². The van der Waals surface area contributed by atoms with Crippen molar-refractivity contribution in [2.24, 2.45) is 5.10 Å². The molecule has 0 saturated carbocycles. The fourth-order valence-corrected chi connectivity index (χ4v) is 2.10. The van der Waals surface area contributed by atoms with E-state index >= 15 is 0 Å². The number of nitrogens with zero attached hydrogens (tertiary/aromatic N) is 3. The van der Waals surface area contributed by atoms with Crippen molar-refractivity contribution in [2.45, 2.75) is 26.2 Å². The molecule has 0 spiro atoms. The lowest BCUT2D eigenvalue weighted by Gasteiger charge is -2.19. The summed E-state index contributed by atoms with van der Waals surface area (Å²) in [6.45, 7) is 6.58. The van der Waals surface area contributed by atoms with Crippen LogP contribution in [0, 0.1) is 22.7 Å². The largest absolute Gasteiger partial charge is 0.277 e. The van der Waals surface area contributed by atoms with E-state index in [1.54, 1.807) is 12.1 Å². The quantitative estimate of drug-likeness (QED) is 0.671. The molecule has 0 fully saturated rings. The van der Waals surface area contributed by atoms with Gasteiger partial charge in [0.15, 0.2) is 0 Å². The summed E-state index contributed by atoms with van der Waals surface area (Å²) < 4.78 is 0. The van der Waals surface area contributed by atoms with Crippen molar-refractivity contribution in [3.63, 3.8) is 0 Å². The predicted octanol–water partition coefficient (Wildman–Crippen LogP) is 4.47. The minimum absolute atomic E-state index is 0.142. The highest BCUT2D eigenvalue weighted by Gasteiger charge is 2.12. The van der Waals surface area contributed by atoms with Crippen molar-refractivity contribution in [1.82, 2.24) is 0 Å². The zero-order valence-electron chi connectivity index (χ0n) is 13.5. The van der Waals surface area contributed by atoms with Crippen molar-refractivity contribution in [3.8, 4) is 23.3 Å². The first-order valence-corrected chi connectivity index (χ1v) is 7.29. The first kappa shape index (κ1) is 16.3. The Kier molecular flexibility index (Phi) is 4.79. The number of anilines is 1. The SMILES string of the molecule is CC(C)(C)c1ccc(-c2ccc(NN=C(C#N)C#N)cc2)cc1. The minimum atomic E-state index is -0.202. The number of nitriles is 2. The lowest BCUT2D eigenvalue weighted by Crippen LogP contribution is -2.10. The van der Waals surface area contributed by atoms with Crippen molar-refractivity contribution in [3.05, 3.63) is 54.1 Å². The average molecular weight is 302 g/mol. The summed E-state index contributed by atoms with van der Waals surface area (Å²) in [5, 5.41) is 21.0. The minimum Gasteiger partial charge on any atom is -0.277 e. The van der Waals surface area contributed by atoms with Gasteiger partial charge in [-0.15, -0.1) is 0 Å². The zero-order chi connectivity index (χ0) is 16.9. The first-order valence-electron chi connectivity index (χ1n) is 7.29. The molecule has 0 unspecified atom stereocenters. The molecule has 0 bridgehead atoms. The third-order valence-electron chi connectivity index (χ3n) is 3.48. The van der Waals surface area contributed by atoms with Crippen LogP contribution >= 0.6 is 0 Å². The van der Waals surface area contributed by atoms with Crippen LogP contribution in [-0.4, -0.2) is 5.71 Å². The fraction of sp³-hybridized carbons (Fsp3) is 0.211. The van der Waals surface area contributed by atoms with Gasteiger partial charge in [0.05, 0.1) is 5.69 Å². The van der Waals surface area contributed by atoms with Crippen LogP contribution in [0.1, 0.15) is 26.3 Å². The number of nitrogens with one attached hydrogen (secondary N) is 1. The lowest BCUT2D eigenvalue weighted by atomic mass is 9.86. The number of hydrazone groups is 1. The molecule has 0 aliphatic rings. The van der Waals surface area contributed by atoms with E-state index in [1.165, 1.54) is 5.56 Å². The summed E-state index contributed by atoms with van der Waals surface area (Å²) in [6, 6.07) is 19.6. The molecular formula is C19H18N4. The molecule has 2 aromatic rings. The van der Waals surface area contributed by atoms with Crippen LogP contribution in [0.2, 0.25) is 0 Å². The molecule has 0 saturated heterocycles. The maximum Gasteiger partial charge on any atom is 0.237 e. The molecule has 23 heavy (non-hydrogen) atoms. The second-order valence-electron chi connectivity index (χ2n) is 6.20. The molecule has 0 radical (unpaired) electrons. The van der Waals surface area contributed by atoms with Crippen molar-refractivity contribution < 1.29 is 0 Å². The van der Waals surface area contributed by atoms with Crippen molar-refractivity contribution in [1.29, 1.82) is 10.5 Å². The van der Waals surface area contributed by atoms with E-state index in [-0.39, 0.29) is 11.1 Å². The van der Waals surface area contributed by atoms with E-state index in [1.807, 2.05) is 24.3 Å². The Morgan fingerprint density at radius 2 is 1.35 bits per heavy atom. The fourth-order valence-electron chi connectivity index (χ4n) is 2.10. The summed E-state index contributed by atoms with van der Waals surface area (Å²) in [4.78, 5) is 0. The molecule has 114 valence electrons. The molecule has 2 aromatic carbocycles. The highest BCUT2D eigenvalue weighted by Crippen LogP contribution is 2.26. The average Bonchev–Trinajstić information content (AvgIpc) is 2.56. The molecule has 0 heterocycles. The molecule has 1 N–H and O–H groups in total. The van der Waals surface area contributed by atoms with Gasteiger partial charge in [0, 0.05) is 0 Å². The molecule has 0 aliphatic heterocycles. The Balaban J connectivity index is 2.16. The number of benzene rings is 2. The van der Waals surface area contributed by atoms with Crippen molar-refractivity contribution in [2.75, 3.05) is 5.43 Å². The Morgan fingerprint density at radius 3 is 1.78 bits per heavy atom. The Labute approximate surface area is 136 Å². The van der Waals surface area contributed by atoms with Gasteiger partial charge in [-0.3, -0.25) is 5.43 Å². The molecular weight excluding hydrogens is 284 g/mol. The molecule has 4 heteroatoms. The van der Waals surface area contributed by atoms with Gasteiger partial charge < -0.3 is 0 Å². The van der Waals surface area contributed by atoms with Gasteiger partial charge in [0.25, 0.3) is 0 Å². The van der Waals surface area contributed by atoms with Crippen LogP contribution in [-0.2, 0) is 5.41 Å². The van der Waals surface area contributed by atoms with Crippen LogP contribution < -0.4 is 5.43 Å². The van der Waals surface area contributed by atoms with Crippen molar-refractivity contribution >= 4 is 11.4 Å². The maximum atomic E-state index is 8.63. The molecule has 0 amide bonds. The lowest BCUT2D eigenvalue weighted by molar-refractivity contribution is 0.590. The third kappa shape index (κ3) is 4.18. The Hall–Kier alpha value is -3.11. The number of rotatable bonds is 3. The van der Waals surface area contributed by atoms with Crippen LogP contribution in [0.3, 0.4) is 0 Å². The second kappa shape index (κ2) is 6.77. The van der Waals surface area contributed by atoms with Crippen LogP contribution in [0.15, 0.2) is 53.6 Å². The van der Waals surface area contributed by atoms with E-state index in [0.29, 0.717) is 0 Å². The summed E-state index contributed by atoms with van der Waals surface area (Å²) >= 11 is 0. The third-order valence-corrected chi connectivity index (χ3v) is 3.48. The highest BCUT2D eigenvalue weighted by molar-refractivity contribution is 6.10. The van der Waals surface area contributed by atoms with Crippen LogP contribution in [0.25, 0.3) is 11.1 Å². The zero-order valence-corrected chi connectivity index (χ0v) is 13.5. The monoisotopic (exact) mass is 302 g/mol. The standard InChI is InChI=1S/C19H18N4/c1-19(2,3)16-8-4-14(5-9-16)15-6-10-17(11-7-15)22-23-18(12-20)13-21/h4-11,22H,1-3H3. The molecule has 4 nitrogen and oxygen atoms in total. The summed E-state index contributed by atoms with van der Waals surface area (Å²) in [5.41, 5.74) is 6.90. The number of hydrogen-bond donors (Lipinski definition) is 1. The summed E-state index contributed by atoms with van der Waals surface area (Å²) in [5.74, 6) is 0. The van der Waals surface area contributed by atoms with E-state index < -0.39 is 0 Å². The van der Waals surface area contributed by atoms with E-state index in [0.717, 1.165) is 16.8 Å². The Bertz CT molecular complexity index is 764. The normalized spacial score (nSPS) is 10.3. The molecule has 0 aromatic heterocycles. The van der Waals surface area contributed by atoms with Gasteiger partial charge in [-0.05, 0) is 34.2 Å².